The molecule has 2 aliphatic rings. The predicted molar refractivity (Wildman–Crippen MR) is 111 cm³/mol. The van der Waals surface area contributed by atoms with Crippen molar-refractivity contribution in [3.8, 4) is 0 Å². The molecule has 3 heterocycles. The van der Waals surface area contributed by atoms with Gasteiger partial charge in [-0.15, -0.1) is 10.2 Å². The van der Waals surface area contributed by atoms with Gasteiger partial charge in [-0.2, -0.15) is 4.31 Å². The van der Waals surface area contributed by atoms with E-state index < -0.39 is 10.0 Å². The molecule has 1 aromatic carbocycles. The molecular weight excluding hydrogens is 398 g/mol. The molecule has 2 aliphatic heterocycles. The number of aryl methyl sites for hydroxylation is 1. The van der Waals surface area contributed by atoms with Crippen molar-refractivity contribution in [2.24, 2.45) is 0 Å². The normalized spacial score (nSPS) is 18.6. The average Bonchev–Trinajstić information content (AvgIpc) is 3.25. The fraction of sp³-hybridized carbons (Fsp3) is 0.474. The van der Waals surface area contributed by atoms with Crippen LogP contribution in [-0.2, 0) is 10.0 Å². The van der Waals surface area contributed by atoms with Crippen LogP contribution in [0.25, 0.3) is 0 Å². The van der Waals surface area contributed by atoms with Crippen LogP contribution in [0.15, 0.2) is 35.2 Å². The Labute approximate surface area is 171 Å². The number of hydrogen-bond acceptors (Lipinski definition) is 6. The van der Waals surface area contributed by atoms with Crippen LogP contribution in [0, 0.1) is 6.92 Å². The lowest BCUT2D eigenvalue weighted by molar-refractivity contribution is 0.383. The van der Waals surface area contributed by atoms with E-state index in [0.717, 1.165) is 30.3 Å². The smallest absolute Gasteiger partial charge is 0.243 e. The first-order valence-corrected chi connectivity index (χ1v) is 11.4. The summed E-state index contributed by atoms with van der Waals surface area (Å²) in [4.78, 5) is 4.56. The number of piperazine rings is 1. The van der Waals surface area contributed by atoms with Crippen molar-refractivity contribution in [3.05, 3.63) is 40.9 Å². The highest BCUT2D eigenvalue weighted by Gasteiger charge is 2.29. The van der Waals surface area contributed by atoms with E-state index in [0.29, 0.717) is 31.2 Å². The molecule has 0 aliphatic carbocycles. The number of hydrogen-bond donors (Lipinski definition) is 0. The molecule has 0 atom stereocenters. The van der Waals surface area contributed by atoms with Gasteiger partial charge in [0, 0.05) is 44.3 Å². The van der Waals surface area contributed by atoms with Crippen molar-refractivity contribution in [1.29, 1.82) is 0 Å². The first-order valence-electron chi connectivity index (χ1n) is 9.55. The van der Waals surface area contributed by atoms with E-state index in [-0.39, 0.29) is 4.90 Å². The summed E-state index contributed by atoms with van der Waals surface area (Å²) in [5.41, 5.74) is 0.862. The second kappa shape index (κ2) is 7.85. The zero-order chi connectivity index (χ0) is 19.7. The summed E-state index contributed by atoms with van der Waals surface area (Å²) in [5.74, 6) is 1.71. The van der Waals surface area contributed by atoms with Crippen molar-refractivity contribution in [2.75, 3.05) is 49.1 Å². The van der Waals surface area contributed by atoms with Crippen molar-refractivity contribution < 1.29 is 8.42 Å². The summed E-state index contributed by atoms with van der Waals surface area (Å²) in [7, 11) is -3.55. The Morgan fingerprint density at radius 2 is 1.43 bits per heavy atom. The van der Waals surface area contributed by atoms with Crippen LogP contribution in [-0.4, -0.2) is 62.2 Å². The Kier molecular flexibility index (Phi) is 5.44. The largest absolute Gasteiger partial charge is 0.355 e. The Morgan fingerprint density at radius 3 is 1.96 bits per heavy atom. The number of aromatic nitrogens is 2. The molecular formula is C19H24ClN5O2S. The summed E-state index contributed by atoms with van der Waals surface area (Å²) in [5, 5.41) is 9.19. The van der Waals surface area contributed by atoms with Crippen molar-refractivity contribution in [2.45, 2.75) is 24.7 Å². The molecule has 2 aromatic rings. The van der Waals surface area contributed by atoms with E-state index >= 15 is 0 Å². The third-order valence-corrected chi connectivity index (χ3v) is 7.71. The number of nitrogens with zero attached hydrogens (tertiary/aromatic N) is 5. The maximum atomic E-state index is 12.9. The van der Waals surface area contributed by atoms with E-state index in [2.05, 4.69) is 20.0 Å². The molecule has 0 bridgehead atoms. The Bertz CT molecular complexity index is 937. The van der Waals surface area contributed by atoms with Crippen LogP contribution in [0.4, 0.5) is 11.6 Å². The molecule has 0 radical (unpaired) electrons. The van der Waals surface area contributed by atoms with Gasteiger partial charge in [0.05, 0.1) is 4.90 Å². The number of rotatable bonds is 4. The highest BCUT2D eigenvalue weighted by Crippen LogP contribution is 2.25. The zero-order valence-corrected chi connectivity index (χ0v) is 17.5. The SMILES string of the molecule is Cc1ccc(S(=O)(=O)N2CCN(c3ccc(N4CCCC4)nn3)CC2)cc1Cl. The van der Waals surface area contributed by atoms with Gasteiger partial charge >= 0.3 is 0 Å². The molecule has 0 saturated carbocycles. The second-order valence-electron chi connectivity index (χ2n) is 7.25. The second-order valence-corrected chi connectivity index (χ2v) is 9.59. The molecule has 2 saturated heterocycles. The van der Waals surface area contributed by atoms with Gasteiger partial charge in [-0.05, 0) is 49.6 Å². The lowest BCUT2D eigenvalue weighted by Gasteiger charge is -2.34. The molecule has 9 heteroatoms. The van der Waals surface area contributed by atoms with Crippen molar-refractivity contribution in [3.63, 3.8) is 0 Å². The van der Waals surface area contributed by atoms with Gasteiger partial charge < -0.3 is 9.80 Å². The zero-order valence-electron chi connectivity index (χ0n) is 15.9. The van der Waals surface area contributed by atoms with Crippen molar-refractivity contribution in [1.82, 2.24) is 14.5 Å². The maximum Gasteiger partial charge on any atom is 0.243 e. The molecule has 28 heavy (non-hydrogen) atoms. The third kappa shape index (κ3) is 3.81. The quantitative estimate of drug-likeness (QED) is 0.755. The molecule has 0 spiro atoms. The first kappa shape index (κ1) is 19.4. The highest BCUT2D eigenvalue weighted by atomic mass is 35.5. The van der Waals surface area contributed by atoms with Crippen LogP contribution >= 0.6 is 11.6 Å². The summed E-state index contributed by atoms with van der Waals surface area (Å²) in [6, 6.07) is 8.87. The van der Waals surface area contributed by atoms with Gasteiger partial charge in [0.1, 0.15) is 0 Å². The summed E-state index contributed by atoms with van der Waals surface area (Å²) >= 11 is 6.11. The van der Waals surface area contributed by atoms with Gasteiger partial charge in [0.2, 0.25) is 10.0 Å². The van der Waals surface area contributed by atoms with Crippen LogP contribution < -0.4 is 9.80 Å². The molecule has 4 rings (SSSR count). The Morgan fingerprint density at radius 1 is 0.857 bits per heavy atom. The molecule has 0 amide bonds. The van der Waals surface area contributed by atoms with Crippen LogP contribution in [0.3, 0.4) is 0 Å². The van der Waals surface area contributed by atoms with Gasteiger partial charge in [-0.1, -0.05) is 17.7 Å². The highest BCUT2D eigenvalue weighted by molar-refractivity contribution is 7.89. The van der Waals surface area contributed by atoms with Crippen molar-refractivity contribution >= 4 is 33.3 Å². The average molecular weight is 422 g/mol. The Hall–Kier alpha value is -1.90. The number of anilines is 2. The number of sulfonamides is 1. The minimum absolute atomic E-state index is 0.242. The van der Waals surface area contributed by atoms with E-state index in [9.17, 15) is 8.42 Å². The number of halogens is 1. The van der Waals surface area contributed by atoms with Gasteiger partial charge in [-0.25, -0.2) is 8.42 Å². The van der Waals surface area contributed by atoms with Gasteiger partial charge in [-0.3, -0.25) is 0 Å². The third-order valence-electron chi connectivity index (χ3n) is 5.41. The van der Waals surface area contributed by atoms with Crippen LogP contribution in [0.5, 0.6) is 0 Å². The van der Waals surface area contributed by atoms with Gasteiger partial charge in [0.15, 0.2) is 11.6 Å². The van der Waals surface area contributed by atoms with E-state index in [1.165, 1.54) is 23.2 Å². The summed E-state index contributed by atoms with van der Waals surface area (Å²) in [6.07, 6.45) is 2.40. The van der Waals surface area contributed by atoms with Gasteiger partial charge in [0.25, 0.3) is 0 Å². The minimum atomic E-state index is -3.55. The maximum absolute atomic E-state index is 12.9. The van der Waals surface area contributed by atoms with E-state index in [4.69, 9.17) is 11.6 Å². The van der Waals surface area contributed by atoms with E-state index in [1.54, 1.807) is 12.1 Å². The fourth-order valence-electron chi connectivity index (χ4n) is 3.64. The first-order chi connectivity index (χ1) is 13.4. The predicted octanol–water partition coefficient (Wildman–Crippen LogP) is 2.55. The molecule has 150 valence electrons. The van der Waals surface area contributed by atoms with Crippen LogP contribution in [0.2, 0.25) is 5.02 Å². The lowest BCUT2D eigenvalue weighted by Crippen LogP contribution is -2.49. The number of benzene rings is 1. The topological polar surface area (TPSA) is 69.6 Å². The monoisotopic (exact) mass is 421 g/mol. The van der Waals surface area contributed by atoms with E-state index in [1.807, 2.05) is 19.1 Å². The molecule has 1 aromatic heterocycles. The molecule has 0 unspecified atom stereocenters. The standard InChI is InChI=1S/C19H24ClN5O2S/c1-15-4-5-16(14-17(15)20)28(26,27)25-12-10-24(11-13-25)19-7-6-18(21-22-19)23-8-2-3-9-23/h4-7,14H,2-3,8-13H2,1H3. The summed E-state index contributed by atoms with van der Waals surface area (Å²) in [6.45, 7) is 5.90. The van der Waals surface area contributed by atoms with Crippen LogP contribution in [0.1, 0.15) is 18.4 Å². The molecule has 2 fully saturated rings. The Balaban J connectivity index is 1.41. The summed E-state index contributed by atoms with van der Waals surface area (Å²) < 4.78 is 27.3. The lowest BCUT2D eigenvalue weighted by atomic mass is 10.2. The molecule has 0 N–H and O–H groups in total. The fourth-order valence-corrected chi connectivity index (χ4v) is 5.34. The molecule has 7 nitrogen and oxygen atoms in total. The minimum Gasteiger partial charge on any atom is -0.355 e.